The van der Waals surface area contributed by atoms with Gasteiger partial charge in [0.05, 0.1) is 38.8 Å². The molecule has 2 aromatic carbocycles. The number of aromatic nitrogens is 2. The molecule has 3 rings (SSSR count). The molecule has 1 heterocycles. The molecule has 0 aliphatic rings. The molecule has 0 aliphatic carbocycles. The summed E-state index contributed by atoms with van der Waals surface area (Å²) in [7, 11) is 0. The Balaban J connectivity index is 1.62. The van der Waals surface area contributed by atoms with E-state index in [1.165, 1.54) is 0 Å². The number of nitrogens with zero attached hydrogens (tertiary/aromatic N) is 4. The molecule has 0 atom stereocenters. The van der Waals surface area contributed by atoms with Gasteiger partial charge in [0.2, 0.25) is 0 Å². The quantitative estimate of drug-likeness (QED) is 0.387. The summed E-state index contributed by atoms with van der Waals surface area (Å²) < 4.78 is 1.96. The van der Waals surface area contributed by atoms with Crippen LogP contribution < -0.4 is 5.32 Å². The number of fused-ring (bicyclic) bond motifs is 1. The molecule has 138 valence electrons. The largest absolute Gasteiger partial charge is 0.352 e. The van der Waals surface area contributed by atoms with Crippen LogP contribution >= 0.6 is 0 Å². The first-order valence-corrected chi connectivity index (χ1v) is 8.07. The third-order valence-corrected chi connectivity index (χ3v) is 3.98. The Bertz CT molecular complexity index is 997. The second-order valence-electron chi connectivity index (χ2n) is 5.79. The standard InChI is InChI=1S/C17H15N5O5/c23-17(12-8-13(21(24)25)10-14(9-12)22(26)27)18-6-3-7-20-11-19-15-4-1-2-5-16(15)20/h1-2,4-5,8-11H,3,6-7H2,(H,18,23). The number of amides is 1. The lowest BCUT2D eigenvalue weighted by molar-refractivity contribution is -0.394. The number of nitro groups is 2. The van der Waals surface area contributed by atoms with Gasteiger partial charge >= 0.3 is 0 Å². The average molecular weight is 369 g/mol. The molecule has 0 fully saturated rings. The maximum Gasteiger partial charge on any atom is 0.277 e. The van der Waals surface area contributed by atoms with E-state index in [-0.39, 0.29) is 5.56 Å². The van der Waals surface area contributed by atoms with Crippen molar-refractivity contribution in [3.8, 4) is 0 Å². The maximum absolute atomic E-state index is 12.2. The van der Waals surface area contributed by atoms with E-state index >= 15 is 0 Å². The molecule has 0 saturated heterocycles. The predicted molar refractivity (Wildman–Crippen MR) is 96.4 cm³/mol. The number of benzene rings is 2. The number of rotatable bonds is 7. The number of hydrogen-bond acceptors (Lipinski definition) is 6. The fraction of sp³-hybridized carbons (Fsp3) is 0.176. The summed E-state index contributed by atoms with van der Waals surface area (Å²) in [5.74, 6) is -0.600. The first kappa shape index (κ1) is 18.0. The minimum Gasteiger partial charge on any atom is -0.352 e. The highest BCUT2D eigenvalue weighted by atomic mass is 16.6. The zero-order valence-electron chi connectivity index (χ0n) is 14.1. The highest BCUT2D eigenvalue weighted by molar-refractivity contribution is 5.95. The lowest BCUT2D eigenvalue weighted by atomic mass is 10.1. The Morgan fingerprint density at radius 2 is 1.74 bits per heavy atom. The van der Waals surface area contributed by atoms with Crippen molar-refractivity contribution in [1.82, 2.24) is 14.9 Å². The molecular formula is C17H15N5O5. The molecule has 10 heteroatoms. The van der Waals surface area contributed by atoms with Crippen LogP contribution in [0.15, 0.2) is 48.8 Å². The van der Waals surface area contributed by atoms with Crippen LogP contribution in [0.3, 0.4) is 0 Å². The molecule has 0 aliphatic heterocycles. The molecule has 3 aromatic rings. The highest BCUT2D eigenvalue weighted by Gasteiger charge is 2.19. The lowest BCUT2D eigenvalue weighted by Crippen LogP contribution is -2.25. The normalized spacial score (nSPS) is 10.7. The van der Waals surface area contributed by atoms with E-state index in [0.29, 0.717) is 19.5 Å². The van der Waals surface area contributed by atoms with Gasteiger partial charge in [-0.25, -0.2) is 4.98 Å². The molecule has 0 radical (unpaired) electrons. The van der Waals surface area contributed by atoms with Gasteiger partial charge in [0.25, 0.3) is 17.3 Å². The molecule has 27 heavy (non-hydrogen) atoms. The van der Waals surface area contributed by atoms with Gasteiger partial charge in [-0.1, -0.05) is 12.1 Å². The van der Waals surface area contributed by atoms with E-state index in [4.69, 9.17) is 0 Å². The number of nitro benzene ring substituents is 2. The summed E-state index contributed by atoms with van der Waals surface area (Å²) in [4.78, 5) is 36.7. The van der Waals surface area contributed by atoms with E-state index in [1.54, 1.807) is 6.33 Å². The van der Waals surface area contributed by atoms with E-state index in [9.17, 15) is 25.0 Å². The topological polar surface area (TPSA) is 133 Å². The summed E-state index contributed by atoms with van der Waals surface area (Å²) in [6, 6.07) is 10.5. The van der Waals surface area contributed by atoms with Crippen LogP contribution in [0.25, 0.3) is 11.0 Å². The molecule has 1 N–H and O–H groups in total. The van der Waals surface area contributed by atoms with Gasteiger partial charge < -0.3 is 9.88 Å². The molecular weight excluding hydrogens is 354 g/mol. The van der Waals surface area contributed by atoms with E-state index < -0.39 is 27.1 Å². The van der Waals surface area contributed by atoms with Crippen molar-refractivity contribution in [1.29, 1.82) is 0 Å². The summed E-state index contributed by atoms with van der Waals surface area (Å²) >= 11 is 0. The molecule has 1 amide bonds. The number of carbonyl (C=O) groups excluding carboxylic acids is 1. The second kappa shape index (κ2) is 7.60. The van der Waals surface area contributed by atoms with Crippen molar-refractivity contribution in [2.45, 2.75) is 13.0 Å². The molecule has 1 aromatic heterocycles. The lowest BCUT2D eigenvalue weighted by Gasteiger charge is -2.07. The van der Waals surface area contributed by atoms with Gasteiger partial charge in [-0.05, 0) is 18.6 Å². The molecule has 10 nitrogen and oxygen atoms in total. The Morgan fingerprint density at radius 1 is 1.07 bits per heavy atom. The Morgan fingerprint density at radius 3 is 2.41 bits per heavy atom. The maximum atomic E-state index is 12.2. The van der Waals surface area contributed by atoms with E-state index in [0.717, 1.165) is 29.2 Å². The number of nitrogens with one attached hydrogen (secondary N) is 1. The zero-order valence-corrected chi connectivity index (χ0v) is 14.1. The zero-order chi connectivity index (χ0) is 19.4. The number of non-ortho nitro benzene ring substituents is 2. The number of imidazole rings is 1. The second-order valence-corrected chi connectivity index (χ2v) is 5.79. The molecule has 0 bridgehead atoms. The number of para-hydroxylation sites is 2. The van der Waals surface area contributed by atoms with Gasteiger partial charge in [-0.3, -0.25) is 25.0 Å². The van der Waals surface area contributed by atoms with Crippen LogP contribution in [0, 0.1) is 20.2 Å². The summed E-state index contributed by atoms with van der Waals surface area (Å²) in [6.45, 7) is 0.928. The fourth-order valence-corrected chi connectivity index (χ4v) is 2.68. The minimum atomic E-state index is -0.770. The van der Waals surface area contributed by atoms with Crippen LogP contribution in [0.2, 0.25) is 0 Å². The number of carbonyl (C=O) groups is 1. The highest BCUT2D eigenvalue weighted by Crippen LogP contribution is 2.22. The van der Waals surface area contributed by atoms with Crippen molar-refractivity contribution >= 4 is 28.3 Å². The van der Waals surface area contributed by atoms with Crippen molar-refractivity contribution in [2.24, 2.45) is 0 Å². The molecule has 0 spiro atoms. The molecule has 0 saturated carbocycles. The van der Waals surface area contributed by atoms with Gasteiger partial charge in [-0.2, -0.15) is 0 Å². The van der Waals surface area contributed by atoms with Crippen LogP contribution in [0.1, 0.15) is 16.8 Å². The number of aryl methyl sites for hydroxylation is 1. The van der Waals surface area contributed by atoms with Gasteiger partial charge in [-0.15, -0.1) is 0 Å². The van der Waals surface area contributed by atoms with E-state index in [2.05, 4.69) is 10.3 Å². The van der Waals surface area contributed by atoms with E-state index in [1.807, 2.05) is 28.8 Å². The van der Waals surface area contributed by atoms with Crippen LogP contribution in [-0.2, 0) is 6.54 Å². The SMILES string of the molecule is O=C(NCCCn1cnc2ccccc21)c1cc([N+](=O)[O-])cc([N+](=O)[O-])c1. The van der Waals surface area contributed by atoms with Crippen molar-refractivity contribution in [3.05, 3.63) is 74.6 Å². The number of hydrogen-bond donors (Lipinski definition) is 1. The summed E-state index contributed by atoms with van der Waals surface area (Å²) in [5, 5.41) is 24.4. The van der Waals surface area contributed by atoms with Gasteiger partial charge in [0.1, 0.15) is 0 Å². The Labute approximate surface area is 152 Å². The Kier molecular flexibility index (Phi) is 5.06. The first-order valence-electron chi connectivity index (χ1n) is 8.07. The average Bonchev–Trinajstić information content (AvgIpc) is 3.07. The van der Waals surface area contributed by atoms with Crippen molar-refractivity contribution in [3.63, 3.8) is 0 Å². The first-order chi connectivity index (χ1) is 13.0. The summed E-state index contributed by atoms with van der Waals surface area (Å²) in [6.07, 6.45) is 2.32. The van der Waals surface area contributed by atoms with Crippen LogP contribution in [0.5, 0.6) is 0 Å². The third-order valence-electron chi connectivity index (χ3n) is 3.98. The monoisotopic (exact) mass is 369 g/mol. The molecule has 0 unspecified atom stereocenters. The van der Waals surface area contributed by atoms with Crippen molar-refractivity contribution < 1.29 is 14.6 Å². The summed E-state index contributed by atoms with van der Waals surface area (Å²) in [5.41, 5.74) is 0.742. The predicted octanol–water partition coefficient (Wildman–Crippen LogP) is 2.67. The van der Waals surface area contributed by atoms with Crippen LogP contribution in [0.4, 0.5) is 11.4 Å². The van der Waals surface area contributed by atoms with Crippen molar-refractivity contribution in [2.75, 3.05) is 6.54 Å². The van der Waals surface area contributed by atoms with Gasteiger partial charge in [0.15, 0.2) is 0 Å². The third kappa shape index (κ3) is 4.06. The van der Waals surface area contributed by atoms with Gasteiger partial charge in [0, 0.05) is 25.2 Å². The minimum absolute atomic E-state index is 0.121. The fourth-order valence-electron chi connectivity index (χ4n) is 2.68. The smallest absolute Gasteiger partial charge is 0.277 e. The Hall–Kier alpha value is -3.82. The van der Waals surface area contributed by atoms with Crippen LogP contribution in [-0.4, -0.2) is 31.8 Å².